The summed E-state index contributed by atoms with van der Waals surface area (Å²) in [5, 5.41) is 3.61. The fraction of sp³-hybridized carbons (Fsp3) is 0.478. The number of pyridine rings is 2. The topological polar surface area (TPSA) is 104 Å². The zero-order valence-electron chi connectivity index (χ0n) is 18.7. The van der Waals surface area contributed by atoms with E-state index in [4.69, 9.17) is 9.47 Å². The summed E-state index contributed by atoms with van der Waals surface area (Å²) in [5.74, 6) is 1.47. The van der Waals surface area contributed by atoms with Crippen LogP contribution in [-0.4, -0.2) is 62.9 Å². The van der Waals surface area contributed by atoms with Crippen LogP contribution < -0.4 is 25.9 Å². The maximum absolute atomic E-state index is 12.6. The largest absolute Gasteiger partial charge is 0.486 e. The Morgan fingerprint density at radius 1 is 1.00 bits per heavy atom. The molecule has 180 valence electrons. The number of hydrogen-bond donors (Lipinski definition) is 1. The van der Waals surface area contributed by atoms with Crippen LogP contribution in [0.5, 0.6) is 11.5 Å². The Labute approximate surface area is 201 Å². The lowest BCUT2D eigenvalue weighted by molar-refractivity contribution is 0.168. The molecule has 3 aliphatic heterocycles. The normalized spacial score (nSPS) is 19.8. The van der Waals surface area contributed by atoms with Crippen LogP contribution in [0.15, 0.2) is 40.2 Å². The molecule has 3 aliphatic rings. The molecule has 1 atom stereocenters. The first-order chi connectivity index (χ1) is 16.2. The van der Waals surface area contributed by atoms with Gasteiger partial charge in [0, 0.05) is 37.8 Å². The fourth-order valence-electron chi connectivity index (χ4n) is 5.12. The van der Waals surface area contributed by atoms with E-state index in [2.05, 4.69) is 20.2 Å². The van der Waals surface area contributed by atoms with Gasteiger partial charge in [-0.15, -0.1) is 12.4 Å². The van der Waals surface area contributed by atoms with Crippen LogP contribution in [0.2, 0.25) is 0 Å². The number of hydrogen-bond acceptors (Lipinski definition) is 8. The third-order valence-corrected chi connectivity index (χ3v) is 6.79. The van der Waals surface area contributed by atoms with Gasteiger partial charge >= 0.3 is 0 Å². The van der Waals surface area contributed by atoms with Gasteiger partial charge in [-0.1, -0.05) is 0 Å². The summed E-state index contributed by atoms with van der Waals surface area (Å²) in [7, 11) is 0. The van der Waals surface area contributed by atoms with E-state index in [1.807, 2.05) is 6.07 Å². The molecule has 34 heavy (non-hydrogen) atoms. The number of halogens is 1. The maximum Gasteiger partial charge on any atom is 0.270 e. The van der Waals surface area contributed by atoms with E-state index in [1.165, 1.54) is 12.3 Å². The highest BCUT2D eigenvalue weighted by atomic mass is 35.5. The molecule has 0 radical (unpaired) electrons. The summed E-state index contributed by atoms with van der Waals surface area (Å²) >= 11 is 0. The van der Waals surface area contributed by atoms with E-state index in [0.717, 1.165) is 43.9 Å². The van der Waals surface area contributed by atoms with E-state index in [9.17, 15) is 9.59 Å². The zero-order valence-corrected chi connectivity index (χ0v) is 19.5. The zero-order chi connectivity index (χ0) is 22.4. The second-order valence-corrected chi connectivity index (χ2v) is 8.89. The van der Waals surface area contributed by atoms with Crippen molar-refractivity contribution in [3.05, 3.63) is 57.0 Å². The van der Waals surface area contributed by atoms with E-state index in [0.29, 0.717) is 49.3 Å². The summed E-state index contributed by atoms with van der Waals surface area (Å²) in [5.41, 5.74) is 2.04. The Balaban J connectivity index is 0.00000241. The van der Waals surface area contributed by atoms with Gasteiger partial charge in [-0.05, 0) is 32.0 Å². The highest BCUT2D eigenvalue weighted by Gasteiger charge is 2.29. The molecule has 0 bridgehead atoms. The molecule has 10 nitrogen and oxygen atoms in total. The third-order valence-electron chi connectivity index (χ3n) is 6.79. The molecule has 0 amide bonds. The molecule has 1 saturated heterocycles. The quantitative estimate of drug-likeness (QED) is 0.568. The predicted molar refractivity (Wildman–Crippen MR) is 128 cm³/mol. The van der Waals surface area contributed by atoms with Crippen molar-refractivity contribution < 1.29 is 9.47 Å². The monoisotopic (exact) mass is 486 g/mol. The van der Waals surface area contributed by atoms with Crippen LogP contribution in [0.3, 0.4) is 0 Å². The minimum Gasteiger partial charge on any atom is -0.486 e. The van der Waals surface area contributed by atoms with Gasteiger partial charge in [0.1, 0.15) is 24.4 Å². The Kier molecular flexibility index (Phi) is 6.28. The minimum atomic E-state index is -0.146. The molecule has 0 spiro atoms. The SMILES string of the molecule is Cl.O=c1ccc2ncc(=O)n3c2n1CC3CN1CCC(NCc2cc3c(cn2)OCCO3)CC1. The van der Waals surface area contributed by atoms with Crippen molar-refractivity contribution >= 4 is 23.6 Å². The molecule has 3 aromatic rings. The third kappa shape index (κ3) is 4.17. The number of nitrogens with zero attached hydrogens (tertiary/aromatic N) is 5. The first kappa shape index (κ1) is 22.8. The second-order valence-electron chi connectivity index (χ2n) is 8.89. The summed E-state index contributed by atoms with van der Waals surface area (Å²) in [6.07, 6.45) is 5.13. The van der Waals surface area contributed by atoms with Crippen LogP contribution in [0, 0.1) is 0 Å². The highest BCUT2D eigenvalue weighted by Crippen LogP contribution is 2.29. The number of fused-ring (bicyclic) bond motifs is 1. The molecule has 6 rings (SSSR count). The molecular formula is C23H27ClN6O4. The van der Waals surface area contributed by atoms with Crippen molar-refractivity contribution in [2.24, 2.45) is 0 Å². The van der Waals surface area contributed by atoms with Crippen LogP contribution in [-0.2, 0) is 13.1 Å². The van der Waals surface area contributed by atoms with Gasteiger partial charge in [0.25, 0.3) is 11.1 Å². The van der Waals surface area contributed by atoms with Crippen LogP contribution in [0.1, 0.15) is 24.6 Å². The number of aromatic nitrogens is 4. The number of rotatable bonds is 5. The van der Waals surface area contributed by atoms with Crippen molar-refractivity contribution in [3.8, 4) is 11.5 Å². The van der Waals surface area contributed by atoms with E-state index < -0.39 is 0 Å². The predicted octanol–water partition coefficient (Wildman–Crippen LogP) is 0.955. The van der Waals surface area contributed by atoms with Crippen molar-refractivity contribution in [1.29, 1.82) is 0 Å². The minimum absolute atomic E-state index is 0. The number of piperidine rings is 1. The smallest absolute Gasteiger partial charge is 0.270 e. The lowest BCUT2D eigenvalue weighted by Crippen LogP contribution is -2.44. The summed E-state index contributed by atoms with van der Waals surface area (Å²) in [6.45, 7) is 4.97. The Hall–Kier alpha value is -2.95. The Morgan fingerprint density at radius 2 is 1.79 bits per heavy atom. The van der Waals surface area contributed by atoms with Gasteiger partial charge in [-0.2, -0.15) is 0 Å². The van der Waals surface area contributed by atoms with Gasteiger partial charge in [-0.25, -0.2) is 4.98 Å². The van der Waals surface area contributed by atoms with Gasteiger partial charge < -0.3 is 19.7 Å². The van der Waals surface area contributed by atoms with Gasteiger partial charge in [0.15, 0.2) is 11.5 Å². The van der Waals surface area contributed by atoms with E-state index in [-0.39, 0.29) is 29.6 Å². The molecule has 0 aromatic carbocycles. The van der Waals surface area contributed by atoms with Gasteiger partial charge in [-0.3, -0.25) is 23.7 Å². The summed E-state index contributed by atoms with van der Waals surface area (Å²) in [4.78, 5) is 36.0. The van der Waals surface area contributed by atoms with Gasteiger partial charge in [0.2, 0.25) is 0 Å². The first-order valence-electron chi connectivity index (χ1n) is 11.5. The molecule has 0 aliphatic carbocycles. The molecule has 1 unspecified atom stereocenters. The maximum atomic E-state index is 12.6. The molecule has 0 saturated carbocycles. The Morgan fingerprint density at radius 3 is 2.62 bits per heavy atom. The van der Waals surface area contributed by atoms with Gasteiger partial charge in [0.05, 0.1) is 24.1 Å². The second kappa shape index (κ2) is 9.36. The molecule has 3 aromatic heterocycles. The Bertz CT molecular complexity index is 1310. The molecule has 1 N–H and O–H groups in total. The lowest BCUT2D eigenvalue weighted by atomic mass is 10.0. The van der Waals surface area contributed by atoms with E-state index >= 15 is 0 Å². The van der Waals surface area contributed by atoms with Crippen molar-refractivity contribution in [2.45, 2.75) is 38.0 Å². The van der Waals surface area contributed by atoms with Crippen molar-refractivity contribution in [3.63, 3.8) is 0 Å². The average molecular weight is 487 g/mol. The molecule has 6 heterocycles. The lowest BCUT2D eigenvalue weighted by Gasteiger charge is -2.34. The van der Waals surface area contributed by atoms with Crippen LogP contribution in [0.25, 0.3) is 11.2 Å². The van der Waals surface area contributed by atoms with Crippen LogP contribution in [0.4, 0.5) is 0 Å². The average Bonchev–Trinajstić information content (AvgIpc) is 3.23. The number of likely N-dealkylation sites (tertiary alicyclic amines) is 1. The first-order valence-corrected chi connectivity index (χ1v) is 11.5. The molecule has 11 heteroatoms. The highest BCUT2D eigenvalue weighted by molar-refractivity contribution is 5.85. The summed E-state index contributed by atoms with van der Waals surface area (Å²) in [6, 6.07) is 5.53. The molecular weight excluding hydrogens is 460 g/mol. The number of nitrogens with one attached hydrogen (secondary N) is 1. The van der Waals surface area contributed by atoms with Crippen LogP contribution >= 0.6 is 12.4 Å². The van der Waals surface area contributed by atoms with Crippen molar-refractivity contribution in [1.82, 2.24) is 29.3 Å². The number of ether oxygens (including phenoxy) is 2. The standard InChI is InChI=1S/C23H26N6O4.ClH/c30-21-2-1-18-23-28(21)14-17(29(23)22(31)12-26-18)13-27-5-3-15(4-6-27)24-10-16-9-19-20(11-25-16)33-8-7-32-19;/h1-2,9,11-12,15,17,24H,3-8,10,13-14H2;1H. The van der Waals surface area contributed by atoms with E-state index in [1.54, 1.807) is 21.4 Å². The van der Waals surface area contributed by atoms with Crippen molar-refractivity contribution in [2.75, 3.05) is 32.8 Å². The molecule has 1 fully saturated rings. The summed E-state index contributed by atoms with van der Waals surface area (Å²) < 4.78 is 14.6. The fourth-order valence-corrected chi connectivity index (χ4v) is 5.12.